The highest BCUT2D eigenvalue weighted by molar-refractivity contribution is 9.10. The van der Waals surface area contributed by atoms with Gasteiger partial charge in [-0.2, -0.15) is 0 Å². The molecule has 1 rings (SSSR count). The minimum Gasteiger partial charge on any atom is -0.389 e. The number of hydrogen-bond donors (Lipinski definition) is 2. The van der Waals surface area contributed by atoms with Crippen molar-refractivity contribution in [3.05, 3.63) is 34.3 Å². The van der Waals surface area contributed by atoms with Crippen LogP contribution < -0.4 is 5.32 Å². The minimum absolute atomic E-state index is 0.206. The van der Waals surface area contributed by atoms with Crippen molar-refractivity contribution < 1.29 is 9.84 Å². The second-order valence-corrected chi connectivity index (χ2v) is 6.19. The third kappa shape index (κ3) is 7.06. The lowest BCUT2D eigenvalue weighted by Gasteiger charge is -2.18. The van der Waals surface area contributed by atoms with E-state index in [4.69, 9.17) is 4.74 Å². The summed E-state index contributed by atoms with van der Waals surface area (Å²) in [6.07, 6.45) is -0.464. The molecule has 0 saturated carbocycles. The third-order valence-electron chi connectivity index (χ3n) is 2.77. The van der Waals surface area contributed by atoms with Gasteiger partial charge in [0.15, 0.2) is 0 Å². The molecule has 1 aromatic carbocycles. The third-order valence-corrected chi connectivity index (χ3v) is 3.26. The van der Waals surface area contributed by atoms with Crippen LogP contribution in [-0.4, -0.2) is 31.0 Å². The Morgan fingerprint density at radius 2 is 2.00 bits per heavy atom. The molecule has 0 radical (unpaired) electrons. The van der Waals surface area contributed by atoms with Crippen molar-refractivity contribution in [2.75, 3.05) is 19.8 Å². The first-order valence-electron chi connectivity index (χ1n) is 6.73. The summed E-state index contributed by atoms with van der Waals surface area (Å²) in [6, 6.07) is 8.38. The Hall–Kier alpha value is -0.420. The van der Waals surface area contributed by atoms with E-state index in [9.17, 15) is 5.11 Å². The average Bonchev–Trinajstić information content (AvgIpc) is 2.35. The quantitative estimate of drug-likeness (QED) is 0.769. The molecule has 0 aliphatic rings. The minimum atomic E-state index is -0.464. The van der Waals surface area contributed by atoms with E-state index in [-0.39, 0.29) is 6.04 Å². The van der Waals surface area contributed by atoms with Crippen molar-refractivity contribution in [3.8, 4) is 0 Å². The molecule has 2 unspecified atom stereocenters. The largest absolute Gasteiger partial charge is 0.389 e. The monoisotopic (exact) mass is 329 g/mol. The molecule has 2 N–H and O–H groups in total. The molecule has 0 fully saturated rings. The fourth-order valence-corrected chi connectivity index (χ4v) is 2.12. The summed E-state index contributed by atoms with van der Waals surface area (Å²) >= 11 is 3.46. The van der Waals surface area contributed by atoms with Gasteiger partial charge >= 0.3 is 0 Å². The van der Waals surface area contributed by atoms with Gasteiger partial charge in [-0.3, -0.25) is 0 Å². The summed E-state index contributed by atoms with van der Waals surface area (Å²) in [4.78, 5) is 0. The first kappa shape index (κ1) is 16.6. The number of nitrogens with one attached hydrogen (secondary N) is 1. The lowest BCUT2D eigenvalue weighted by atomic mass is 10.1. The number of hydrogen-bond acceptors (Lipinski definition) is 3. The molecule has 0 saturated heterocycles. The van der Waals surface area contributed by atoms with E-state index >= 15 is 0 Å². The van der Waals surface area contributed by atoms with Gasteiger partial charge in [-0.25, -0.2) is 0 Å². The summed E-state index contributed by atoms with van der Waals surface area (Å²) in [5.41, 5.74) is 1.20. The highest BCUT2D eigenvalue weighted by Gasteiger charge is 2.09. The van der Waals surface area contributed by atoms with E-state index < -0.39 is 6.10 Å². The van der Waals surface area contributed by atoms with Gasteiger partial charge in [-0.05, 0) is 30.5 Å². The summed E-state index contributed by atoms with van der Waals surface area (Å²) in [5, 5.41) is 13.1. The van der Waals surface area contributed by atoms with Crippen LogP contribution in [0.5, 0.6) is 0 Å². The molecular weight excluding hydrogens is 306 g/mol. The zero-order valence-corrected chi connectivity index (χ0v) is 13.5. The van der Waals surface area contributed by atoms with Gasteiger partial charge in [0.1, 0.15) is 0 Å². The number of rotatable bonds is 8. The molecule has 3 nitrogen and oxygen atoms in total. The molecule has 0 aliphatic carbocycles. The number of ether oxygens (including phenoxy) is 1. The lowest BCUT2D eigenvalue weighted by molar-refractivity contribution is 0.0252. The van der Waals surface area contributed by atoms with Crippen molar-refractivity contribution in [2.45, 2.75) is 32.9 Å². The van der Waals surface area contributed by atoms with Crippen LogP contribution in [0.1, 0.15) is 32.4 Å². The van der Waals surface area contributed by atoms with Gasteiger partial charge in [0.25, 0.3) is 0 Å². The van der Waals surface area contributed by atoms with Crippen molar-refractivity contribution >= 4 is 15.9 Å². The van der Waals surface area contributed by atoms with Crippen LogP contribution in [0.4, 0.5) is 0 Å². The normalized spacial score (nSPS) is 14.6. The summed E-state index contributed by atoms with van der Waals surface area (Å²) < 4.78 is 6.49. The first-order valence-corrected chi connectivity index (χ1v) is 7.53. The predicted octanol–water partition coefficient (Wildman–Crippen LogP) is 3.13. The Labute approximate surface area is 124 Å². The second-order valence-electron chi connectivity index (χ2n) is 5.27. The van der Waals surface area contributed by atoms with Gasteiger partial charge < -0.3 is 15.2 Å². The topological polar surface area (TPSA) is 41.5 Å². The van der Waals surface area contributed by atoms with E-state index in [2.05, 4.69) is 54.2 Å². The molecular formula is C15H24BrNO2. The van der Waals surface area contributed by atoms with Crippen molar-refractivity contribution in [3.63, 3.8) is 0 Å². The number of aliphatic hydroxyl groups is 1. The molecule has 0 aromatic heterocycles. The Morgan fingerprint density at radius 1 is 1.26 bits per heavy atom. The molecule has 1 aromatic rings. The lowest BCUT2D eigenvalue weighted by Crippen LogP contribution is -2.32. The number of aliphatic hydroxyl groups excluding tert-OH is 1. The van der Waals surface area contributed by atoms with E-state index in [1.54, 1.807) is 0 Å². The molecule has 4 heteroatoms. The van der Waals surface area contributed by atoms with Crippen LogP contribution in [0.3, 0.4) is 0 Å². The summed E-state index contributed by atoms with van der Waals surface area (Å²) in [6.45, 7) is 7.89. The van der Waals surface area contributed by atoms with Crippen LogP contribution in [0.25, 0.3) is 0 Å². The zero-order chi connectivity index (χ0) is 14.3. The highest BCUT2D eigenvalue weighted by atomic mass is 79.9. The summed E-state index contributed by atoms with van der Waals surface area (Å²) in [7, 11) is 0. The standard InChI is InChI=1S/C15H24BrNO2/c1-11(2)9-19-10-15(18)8-17-12(3)13-5-4-6-14(16)7-13/h4-7,11-12,15,17-18H,8-10H2,1-3H3. The highest BCUT2D eigenvalue weighted by Crippen LogP contribution is 2.17. The van der Waals surface area contributed by atoms with Crippen LogP contribution in [0.15, 0.2) is 28.7 Å². The fourth-order valence-electron chi connectivity index (χ4n) is 1.71. The van der Waals surface area contributed by atoms with E-state index in [1.165, 1.54) is 5.56 Å². The van der Waals surface area contributed by atoms with Crippen LogP contribution in [0.2, 0.25) is 0 Å². The molecule has 2 atom stereocenters. The van der Waals surface area contributed by atoms with Gasteiger partial charge in [0, 0.05) is 23.7 Å². The molecule has 0 aliphatic heterocycles. The summed E-state index contributed by atoms with van der Waals surface area (Å²) in [5.74, 6) is 0.501. The smallest absolute Gasteiger partial charge is 0.0897 e. The predicted molar refractivity (Wildman–Crippen MR) is 82.2 cm³/mol. The first-order chi connectivity index (χ1) is 8.99. The maximum atomic E-state index is 9.82. The van der Waals surface area contributed by atoms with E-state index in [0.717, 1.165) is 4.47 Å². The van der Waals surface area contributed by atoms with Gasteiger partial charge in [-0.15, -0.1) is 0 Å². The zero-order valence-electron chi connectivity index (χ0n) is 11.9. The van der Waals surface area contributed by atoms with E-state index in [1.807, 2.05) is 12.1 Å². The number of benzene rings is 1. The van der Waals surface area contributed by atoms with Crippen LogP contribution in [-0.2, 0) is 4.74 Å². The Bertz CT molecular complexity index is 371. The molecule has 108 valence electrons. The Morgan fingerprint density at radius 3 is 2.63 bits per heavy atom. The molecule has 0 amide bonds. The van der Waals surface area contributed by atoms with Gasteiger partial charge in [0.05, 0.1) is 12.7 Å². The molecule has 0 bridgehead atoms. The molecule has 0 spiro atoms. The maximum absolute atomic E-state index is 9.82. The Kier molecular flexibility index (Phi) is 7.61. The molecule has 0 heterocycles. The van der Waals surface area contributed by atoms with Gasteiger partial charge in [0.2, 0.25) is 0 Å². The number of halogens is 1. The van der Waals surface area contributed by atoms with Crippen molar-refractivity contribution in [1.82, 2.24) is 5.32 Å². The van der Waals surface area contributed by atoms with Crippen LogP contribution in [0, 0.1) is 5.92 Å². The average molecular weight is 330 g/mol. The van der Waals surface area contributed by atoms with Crippen molar-refractivity contribution in [2.24, 2.45) is 5.92 Å². The van der Waals surface area contributed by atoms with Crippen LogP contribution >= 0.6 is 15.9 Å². The maximum Gasteiger partial charge on any atom is 0.0897 e. The van der Waals surface area contributed by atoms with Crippen molar-refractivity contribution in [1.29, 1.82) is 0 Å². The van der Waals surface area contributed by atoms with Gasteiger partial charge in [-0.1, -0.05) is 41.9 Å². The SMILES string of the molecule is CC(C)COCC(O)CNC(C)c1cccc(Br)c1. The molecule has 19 heavy (non-hydrogen) atoms. The Balaban J connectivity index is 2.27. The fraction of sp³-hybridized carbons (Fsp3) is 0.600. The second kappa shape index (κ2) is 8.69. The van der Waals surface area contributed by atoms with E-state index in [0.29, 0.717) is 25.7 Å².